The van der Waals surface area contributed by atoms with Gasteiger partial charge >= 0.3 is 0 Å². The van der Waals surface area contributed by atoms with E-state index in [2.05, 4.69) is 41.2 Å². The Kier molecular flexibility index (Phi) is 4.95. The van der Waals surface area contributed by atoms with E-state index in [4.69, 9.17) is 4.74 Å². The number of fused-ring (bicyclic) bond motifs is 1. The zero-order valence-corrected chi connectivity index (χ0v) is 17.4. The number of imidazole rings is 1. The van der Waals surface area contributed by atoms with Crippen LogP contribution in [0.1, 0.15) is 42.4 Å². The van der Waals surface area contributed by atoms with Crippen LogP contribution in [0.3, 0.4) is 0 Å². The molecule has 1 amide bonds. The van der Waals surface area contributed by atoms with E-state index < -0.39 is 0 Å². The van der Waals surface area contributed by atoms with Crippen LogP contribution in [0.25, 0.3) is 5.65 Å². The molecular weight excluding hydrogens is 378 g/mol. The van der Waals surface area contributed by atoms with E-state index >= 15 is 0 Å². The summed E-state index contributed by atoms with van der Waals surface area (Å²) in [7, 11) is 0. The summed E-state index contributed by atoms with van der Waals surface area (Å²) >= 11 is 0. The number of nitrogens with zero attached hydrogens (tertiary/aromatic N) is 4. The van der Waals surface area contributed by atoms with Crippen molar-refractivity contribution >= 4 is 17.4 Å². The van der Waals surface area contributed by atoms with E-state index in [0.29, 0.717) is 28.7 Å². The third-order valence-electron chi connectivity index (χ3n) is 4.66. The number of ether oxygens (including phenoxy) is 1. The number of hydrogen-bond donors (Lipinski definition) is 1. The van der Waals surface area contributed by atoms with Gasteiger partial charge in [-0.05, 0) is 48.2 Å². The number of aryl methyl sites for hydroxylation is 1. The molecule has 3 aromatic heterocycles. The maximum absolute atomic E-state index is 12.6. The summed E-state index contributed by atoms with van der Waals surface area (Å²) in [6.45, 7) is 8.32. The number of pyridine rings is 1. The van der Waals surface area contributed by atoms with Crippen LogP contribution in [-0.4, -0.2) is 25.5 Å². The molecule has 7 nitrogen and oxygen atoms in total. The Labute approximate surface area is 174 Å². The van der Waals surface area contributed by atoms with Crippen molar-refractivity contribution < 1.29 is 9.53 Å². The van der Waals surface area contributed by atoms with Gasteiger partial charge in [0.25, 0.3) is 5.91 Å². The minimum atomic E-state index is -0.221. The van der Waals surface area contributed by atoms with Gasteiger partial charge < -0.3 is 10.1 Å². The van der Waals surface area contributed by atoms with Crippen LogP contribution < -0.4 is 10.1 Å². The molecule has 0 unspecified atom stereocenters. The average Bonchev–Trinajstić information content (AvgIpc) is 3.10. The number of aromatic nitrogens is 4. The summed E-state index contributed by atoms with van der Waals surface area (Å²) in [5.41, 5.74) is 3.30. The van der Waals surface area contributed by atoms with Gasteiger partial charge in [0.15, 0.2) is 11.5 Å². The molecule has 0 spiro atoms. The molecule has 0 fully saturated rings. The molecule has 0 bridgehead atoms. The van der Waals surface area contributed by atoms with Gasteiger partial charge in [-0.25, -0.2) is 9.50 Å². The molecule has 1 aromatic carbocycles. The van der Waals surface area contributed by atoms with Crippen molar-refractivity contribution in [3.8, 4) is 11.6 Å². The smallest absolute Gasteiger partial charge is 0.256 e. The van der Waals surface area contributed by atoms with E-state index in [0.717, 1.165) is 5.69 Å². The molecule has 0 saturated carbocycles. The highest BCUT2D eigenvalue weighted by Crippen LogP contribution is 2.23. The van der Waals surface area contributed by atoms with Crippen molar-refractivity contribution in [1.29, 1.82) is 0 Å². The molecule has 3 heterocycles. The van der Waals surface area contributed by atoms with Crippen LogP contribution in [0.2, 0.25) is 0 Å². The summed E-state index contributed by atoms with van der Waals surface area (Å²) in [4.78, 5) is 21.2. The maximum atomic E-state index is 12.6. The molecule has 0 atom stereocenters. The molecule has 4 aromatic rings. The molecule has 152 valence electrons. The van der Waals surface area contributed by atoms with Crippen molar-refractivity contribution in [2.45, 2.75) is 33.1 Å². The highest BCUT2D eigenvalue weighted by molar-refractivity contribution is 6.03. The normalized spacial score (nSPS) is 11.5. The Bertz CT molecular complexity index is 1190. The summed E-state index contributed by atoms with van der Waals surface area (Å²) < 4.78 is 7.29. The van der Waals surface area contributed by atoms with Gasteiger partial charge in [-0.2, -0.15) is 0 Å². The van der Waals surface area contributed by atoms with Crippen LogP contribution in [-0.2, 0) is 5.41 Å². The fourth-order valence-electron chi connectivity index (χ4n) is 2.92. The lowest BCUT2D eigenvalue weighted by molar-refractivity contribution is 0.102. The van der Waals surface area contributed by atoms with Crippen molar-refractivity contribution in [2.75, 3.05) is 5.32 Å². The van der Waals surface area contributed by atoms with Gasteiger partial charge in [0.05, 0.1) is 12.4 Å². The van der Waals surface area contributed by atoms with Gasteiger partial charge in [0, 0.05) is 17.3 Å². The van der Waals surface area contributed by atoms with Gasteiger partial charge in [-0.1, -0.05) is 32.9 Å². The SMILES string of the molecule is Cc1ccc(Oc2ccc3nc(NC(=O)c4ccc(C(C)(C)C)cc4)cn3n2)cn1. The van der Waals surface area contributed by atoms with E-state index in [1.165, 1.54) is 5.56 Å². The highest BCUT2D eigenvalue weighted by Gasteiger charge is 2.15. The number of carbonyl (C=O) groups excluding carboxylic acids is 1. The Morgan fingerprint density at radius 3 is 2.47 bits per heavy atom. The van der Waals surface area contributed by atoms with E-state index in [-0.39, 0.29) is 11.3 Å². The van der Waals surface area contributed by atoms with E-state index in [1.807, 2.05) is 43.3 Å². The summed E-state index contributed by atoms with van der Waals surface area (Å²) in [6, 6.07) is 14.8. The van der Waals surface area contributed by atoms with Crippen LogP contribution in [0, 0.1) is 6.92 Å². The fraction of sp³-hybridized carbons (Fsp3) is 0.217. The standard InChI is InChI=1S/C23H23N5O2/c1-15-5-10-18(13-24-15)30-21-12-11-20-25-19(14-28(20)27-21)26-22(29)16-6-8-17(9-7-16)23(2,3)4/h5-14H,1-4H3,(H,26,29). The molecule has 7 heteroatoms. The van der Waals surface area contributed by atoms with Crippen LogP contribution in [0.5, 0.6) is 11.6 Å². The van der Waals surface area contributed by atoms with Crippen molar-refractivity contribution in [1.82, 2.24) is 19.6 Å². The molecule has 0 radical (unpaired) electrons. The third-order valence-corrected chi connectivity index (χ3v) is 4.66. The lowest BCUT2D eigenvalue weighted by Gasteiger charge is -2.18. The Balaban J connectivity index is 1.49. The number of rotatable bonds is 4. The minimum Gasteiger partial charge on any atom is -0.436 e. The molecule has 0 saturated heterocycles. The third kappa shape index (κ3) is 4.30. The topological polar surface area (TPSA) is 81.4 Å². The second-order valence-electron chi connectivity index (χ2n) is 8.12. The Morgan fingerprint density at radius 2 is 1.80 bits per heavy atom. The molecule has 4 rings (SSSR count). The first kappa shape index (κ1) is 19.6. The Morgan fingerprint density at radius 1 is 1.03 bits per heavy atom. The average molecular weight is 401 g/mol. The van der Waals surface area contributed by atoms with E-state index in [1.54, 1.807) is 29.0 Å². The highest BCUT2D eigenvalue weighted by atomic mass is 16.5. The van der Waals surface area contributed by atoms with Gasteiger partial charge in [-0.3, -0.25) is 9.78 Å². The van der Waals surface area contributed by atoms with Crippen molar-refractivity contribution in [3.05, 3.63) is 77.7 Å². The quantitative estimate of drug-likeness (QED) is 0.532. The molecule has 1 N–H and O–H groups in total. The first-order valence-corrected chi connectivity index (χ1v) is 9.67. The zero-order chi connectivity index (χ0) is 21.3. The number of anilines is 1. The number of nitrogens with one attached hydrogen (secondary N) is 1. The fourth-order valence-corrected chi connectivity index (χ4v) is 2.92. The van der Waals surface area contributed by atoms with Crippen LogP contribution in [0.4, 0.5) is 5.82 Å². The van der Waals surface area contributed by atoms with Crippen molar-refractivity contribution in [2.24, 2.45) is 0 Å². The summed E-state index contributed by atoms with van der Waals surface area (Å²) in [6.07, 6.45) is 3.29. The Hall–Kier alpha value is -3.74. The van der Waals surface area contributed by atoms with E-state index in [9.17, 15) is 4.79 Å². The molecule has 30 heavy (non-hydrogen) atoms. The van der Waals surface area contributed by atoms with Gasteiger partial charge in [0.1, 0.15) is 5.75 Å². The second-order valence-corrected chi connectivity index (χ2v) is 8.12. The minimum absolute atomic E-state index is 0.0384. The molecule has 0 aliphatic heterocycles. The number of amides is 1. The van der Waals surface area contributed by atoms with Crippen LogP contribution >= 0.6 is 0 Å². The first-order valence-electron chi connectivity index (χ1n) is 9.67. The predicted octanol–water partition coefficient (Wildman–Crippen LogP) is 4.77. The molecular formula is C23H23N5O2. The monoisotopic (exact) mass is 401 g/mol. The van der Waals surface area contributed by atoms with Gasteiger partial charge in [-0.15, -0.1) is 5.10 Å². The van der Waals surface area contributed by atoms with Crippen LogP contribution in [0.15, 0.2) is 60.9 Å². The lowest BCUT2D eigenvalue weighted by atomic mass is 9.87. The predicted molar refractivity (Wildman–Crippen MR) is 115 cm³/mol. The largest absolute Gasteiger partial charge is 0.436 e. The second kappa shape index (κ2) is 7.59. The summed E-state index contributed by atoms with van der Waals surface area (Å²) in [5, 5.41) is 7.20. The van der Waals surface area contributed by atoms with Gasteiger partial charge in [0.2, 0.25) is 5.88 Å². The number of benzene rings is 1. The first-order chi connectivity index (χ1) is 14.3. The molecule has 0 aliphatic rings. The zero-order valence-electron chi connectivity index (χ0n) is 17.4. The lowest BCUT2D eigenvalue weighted by Crippen LogP contribution is -2.14. The number of hydrogen-bond acceptors (Lipinski definition) is 5. The maximum Gasteiger partial charge on any atom is 0.256 e. The number of carbonyl (C=O) groups is 1. The van der Waals surface area contributed by atoms with Crippen molar-refractivity contribution in [3.63, 3.8) is 0 Å². The molecule has 0 aliphatic carbocycles. The summed E-state index contributed by atoms with van der Waals surface area (Å²) in [5.74, 6) is 1.20.